The quantitative estimate of drug-likeness (QED) is 0.554. The molecule has 4 nitrogen and oxygen atoms in total. The number of ether oxygens (including phenoxy) is 1. The summed E-state index contributed by atoms with van der Waals surface area (Å²) in [5.74, 6) is 1.49. The molecule has 0 atom stereocenters. The van der Waals surface area contributed by atoms with E-state index in [4.69, 9.17) is 21.6 Å². The summed E-state index contributed by atoms with van der Waals surface area (Å²) in [4.78, 5) is 4.61. The lowest BCUT2D eigenvalue weighted by molar-refractivity contribution is 0.123. The molecule has 1 heterocycles. The van der Waals surface area contributed by atoms with Gasteiger partial charge in [-0.25, -0.2) is 4.98 Å². The van der Waals surface area contributed by atoms with Crippen molar-refractivity contribution in [2.24, 2.45) is 0 Å². The number of unbranched alkanes of at least 4 members (excludes halogenated alkanes) is 1. The van der Waals surface area contributed by atoms with E-state index in [0.29, 0.717) is 24.5 Å². The molecule has 1 aromatic carbocycles. The minimum absolute atomic E-state index is 0.533. The van der Waals surface area contributed by atoms with Crippen LogP contribution in [-0.4, -0.2) is 28.6 Å². The molecule has 0 fully saturated rings. The van der Waals surface area contributed by atoms with E-state index in [2.05, 4.69) is 22.5 Å². The number of imidazole rings is 1. The van der Waals surface area contributed by atoms with Crippen LogP contribution in [0.2, 0.25) is 0 Å². The first-order valence-electron chi connectivity index (χ1n) is 7.33. The van der Waals surface area contributed by atoms with E-state index in [1.807, 2.05) is 12.1 Å². The summed E-state index contributed by atoms with van der Waals surface area (Å²) in [6.45, 7) is 4.32. The van der Waals surface area contributed by atoms with Gasteiger partial charge in [0.1, 0.15) is 5.82 Å². The Morgan fingerprint density at radius 3 is 2.95 bits per heavy atom. The summed E-state index contributed by atoms with van der Waals surface area (Å²) in [5, 5.41) is 9.05. The van der Waals surface area contributed by atoms with Crippen molar-refractivity contribution in [3.8, 4) is 6.07 Å². The fourth-order valence-corrected chi connectivity index (χ4v) is 2.44. The fourth-order valence-electron chi connectivity index (χ4n) is 2.27. The molecule has 0 bridgehead atoms. The van der Waals surface area contributed by atoms with Crippen molar-refractivity contribution in [2.75, 3.05) is 19.1 Å². The second kappa shape index (κ2) is 8.02. The third-order valence-corrected chi connectivity index (χ3v) is 3.56. The first kappa shape index (κ1) is 15.8. The molecule has 0 radical (unpaired) electrons. The van der Waals surface area contributed by atoms with Gasteiger partial charge in [-0.2, -0.15) is 5.26 Å². The van der Waals surface area contributed by atoms with Gasteiger partial charge in [-0.1, -0.05) is 13.3 Å². The van der Waals surface area contributed by atoms with Gasteiger partial charge in [0.2, 0.25) is 0 Å². The molecule has 0 N–H and O–H groups in total. The number of alkyl halides is 1. The lowest BCUT2D eigenvalue weighted by atomic mass is 10.2. The zero-order valence-electron chi connectivity index (χ0n) is 12.3. The van der Waals surface area contributed by atoms with Crippen molar-refractivity contribution in [3.05, 3.63) is 29.6 Å². The van der Waals surface area contributed by atoms with Crippen LogP contribution >= 0.6 is 11.6 Å². The van der Waals surface area contributed by atoms with E-state index >= 15 is 0 Å². The number of hydrogen-bond acceptors (Lipinski definition) is 3. The van der Waals surface area contributed by atoms with Gasteiger partial charge in [-0.05, 0) is 24.6 Å². The summed E-state index contributed by atoms with van der Waals surface area (Å²) >= 11 is 5.86. The summed E-state index contributed by atoms with van der Waals surface area (Å²) in [5.41, 5.74) is 2.53. The molecule has 0 saturated heterocycles. The zero-order chi connectivity index (χ0) is 15.1. The van der Waals surface area contributed by atoms with Crippen molar-refractivity contribution in [1.82, 2.24) is 9.55 Å². The molecule has 2 aromatic rings. The number of rotatable bonds is 8. The van der Waals surface area contributed by atoms with Crippen molar-refractivity contribution in [1.29, 1.82) is 5.26 Å². The highest BCUT2D eigenvalue weighted by atomic mass is 35.5. The normalized spacial score (nSPS) is 10.9. The van der Waals surface area contributed by atoms with Gasteiger partial charge in [0.25, 0.3) is 0 Å². The summed E-state index contributed by atoms with van der Waals surface area (Å²) in [6.07, 6.45) is 2.93. The minimum atomic E-state index is 0.533. The number of halogens is 1. The SMILES string of the molecule is CCCCOCCn1c(CCCl)nc2ccc(C#N)cc21. The largest absolute Gasteiger partial charge is 0.380 e. The monoisotopic (exact) mass is 305 g/mol. The third-order valence-electron chi connectivity index (χ3n) is 3.38. The first-order valence-corrected chi connectivity index (χ1v) is 7.86. The molecule has 0 aliphatic carbocycles. The average Bonchev–Trinajstić information content (AvgIpc) is 2.84. The highest BCUT2D eigenvalue weighted by Gasteiger charge is 2.11. The molecule has 0 saturated carbocycles. The number of hydrogen-bond donors (Lipinski definition) is 0. The van der Waals surface area contributed by atoms with E-state index in [9.17, 15) is 0 Å². The first-order chi connectivity index (χ1) is 10.3. The molecule has 21 heavy (non-hydrogen) atoms. The maximum Gasteiger partial charge on any atom is 0.111 e. The van der Waals surface area contributed by atoms with E-state index in [0.717, 1.165) is 42.9 Å². The Hall–Kier alpha value is -1.57. The Balaban J connectivity index is 2.20. The van der Waals surface area contributed by atoms with Crippen LogP contribution < -0.4 is 0 Å². The average molecular weight is 306 g/mol. The van der Waals surface area contributed by atoms with Gasteiger partial charge < -0.3 is 9.30 Å². The molecular formula is C16H20ClN3O. The van der Waals surface area contributed by atoms with Gasteiger partial charge in [-0.3, -0.25) is 0 Å². The van der Waals surface area contributed by atoms with Gasteiger partial charge in [0, 0.05) is 25.5 Å². The third kappa shape index (κ3) is 3.96. The van der Waals surface area contributed by atoms with Crippen LogP contribution in [0.1, 0.15) is 31.2 Å². The van der Waals surface area contributed by atoms with Crippen LogP contribution in [0, 0.1) is 11.3 Å². The van der Waals surface area contributed by atoms with Gasteiger partial charge in [0.15, 0.2) is 0 Å². The standard InChI is InChI=1S/C16H20ClN3O/c1-2-3-9-21-10-8-20-15-11-13(12-18)4-5-14(15)19-16(20)6-7-17/h4-5,11H,2-3,6-10H2,1H3. The predicted molar refractivity (Wildman–Crippen MR) is 84.6 cm³/mol. The Morgan fingerprint density at radius 1 is 1.38 bits per heavy atom. The predicted octanol–water partition coefficient (Wildman–Crippen LogP) is 3.51. The minimum Gasteiger partial charge on any atom is -0.380 e. The topological polar surface area (TPSA) is 50.8 Å². The van der Waals surface area contributed by atoms with Crippen molar-refractivity contribution in [3.63, 3.8) is 0 Å². The molecular weight excluding hydrogens is 286 g/mol. The second-order valence-electron chi connectivity index (χ2n) is 4.90. The lowest BCUT2D eigenvalue weighted by Crippen LogP contribution is -2.10. The second-order valence-corrected chi connectivity index (χ2v) is 5.28. The molecule has 0 spiro atoms. The van der Waals surface area contributed by atoms with Crippen LogP contribution in [-0.2, 0) is 17.7 Å². The van der Waals surface area contributed by atoms with Crippen LogP contribution in [0.4, 0.5) is 0 Å². The summed E-state index contributed by atoms with van der Waals surface area (Å²) < 4.78 is 7.75. The number of aryl methyl sites for hydroxylation is 1. The smallest absolute Gasteiger partial charge is 0.111 e. The van der Waals surface area contributed by atoms with Gasteiger partial charge >= 0.3 is 0 Å². The Morgan fingerprint density at radius 2 is 2.24 bits per heavy atom. The van der Waals surface area contributed by atoms with Crippen LogP contribution in [0.15, 0.2) is 18.2 Å². The molecule has 2 rings (SSSR count). The number of aromatic nitrogens is 2. The number of fused-ring (bicyclic) bond motifs is 1. The Kier molecular flexibility index (Phi) is 6.04. The van der Waals surface area contributed by atoms with Crippen molar-refractivity contribution in [2.45, 2.75) is 32.7 Å². The zero-order valence-corrected chi connectivity index (χ0v) is 13.1. The number of benzene rings is 1. The Labute approximate surface area is 130 Å². The maximum atomic E-state index is 9.05. The van der Waals surface area contributed by atoms with E-state index < -0.39 is 0 Å². The van der Waals surface area contributed by atoms with Gasteiger partial charge in [-0.15, -0.1) is 11.6 Å². The lowest BCUT2D eigenvalue weighted by Gasteiger charge is -2.09. The summed E-state index contributed by atoms with van der Waals surface area (Å²) in [6, 6.07) is 7.74. The molecule has 0 aliphatic heterocycles. The van der Waals surface area contributed by atoms with Crippen molar-refractivity contribution < 1.29 is 4.74 Å². The summed E-state index contributed by atoms with van der Waals surface area (Å²) in [7, 11) is 0. The number of nitriles is 1. The van der Waals surface area contributed by atoms with Crippen LogP contribution in [0.25, 0.3) is 11.0 Å². The molecule has 0 unspecified atom stereocenters. The fraction of sp³-hybridized carbons (Fsp3) is 0.500. The van der Waals surface area contributed by atoms with Gasteiger partial charge in [0.05, 0.1) is 29.3 Å². The number of nitrogens with zero attached hydrogens (tertiary/aromatic N) is 3. The van der Waals surface area contributed by atoms with Crippen molar-refractivity contribution >= 4 is 22.6 Å². The van der Waals surface area contributed by atoms with Crippen LogP contribution in [0.5, 0.6) is 0 Å². The Bertz CT molecular complexity index is 630. The molecule has 5 heteroatoms. The molecule has 0 aliphatic rings. The van der Waals surface area contributed by atoms with E-state index in [1.54, 1.807) is 6.07 Å². The van der Waals surface area contributed by atoms with E-state index in [1.165, 1.54) is 0 Å². The molecule has 1 aromatic heterocycles. The van der Waals surface area contributed by atoms with E-state index in [-0.39, 0.29) is 0 Å². The molecule has 112 valence electrons. The highest BCUT2D eigenvalue weighted by molar-refractivity contribution is 6.17. The maximum absolute atomic E-state index is 9.05. The highest BCUT2D eigenvalue weighted by Crippen LogP contribution is 2.18. The van der Waals surface area contributed by atoms with Crippen LogP contribution in [0.3, 0.4) is 0 Å². The molecule has 0 amide bonds.